The summed E-state index contributed by atoms with van der Waals surface area (Å²) in [5.74, 6) is 0.0394. The molecule has 124 valence electrons. The van der Waals surface area contributed by atoms with Gasteiger partial charge in [0.25, 0.3) is 0 Å². The van der Waals surface area contributed by atoms with Gasteiger partial charge in [-0.3, -0.25) is 19.4 Å². The molecule has 22 heavy (non-hydrogen) atoms. The van der Waals surface area contributed by atoms with Gasteiger partial charge in [-0.05, 0) is 32.1 Å². The van der Waals surface area contributed by atoms with E-state index >= 15 is 0 Å². The first-order chi connectivity index (χ1) is 10.5. The quantitative estimate of drug-likeness (QED) is 0.795. The number of rotatable bonds is 4. The van der Waals surface area contributed by atoms with Crippen molar-refractivity contribution >= 4 is 11.8 Å². The van der Waals surface area contributed by atoms with E-state index < -0.39 is 0 Å². The maximum atomic E-state index is 12.0. The molecule has 0 aliphatic carbocycles. The van der Waals surface area contributed by atoms with Gasteiger partial charge >= 0.3 is 0 Å². The summed E-state index contributed by atoms with van der Waals surface area (Å²) in [5.41, 5.74) is 5.38. The summed E-state index contributed by atoms with van der Waals surface area (Å²) in [6.07, 6.45) is 5.30. The summed E-state index contributed by atoms with van der Waals surface area (Å²) in [7, 11) is 0. The van der Waals surface area contributed by atoms with Crippen LogP contribution in [0.4, 0.5) is 0 Å². The Kier molecular flexibility index (Phi) is 4.41. The molecule has 2 bridgehead atoms. The van der Waals surface area contributed by atoms with Crippen LogP contribution in [0, 0.1) is 0 Å². The lowest BCUT2D eigenvalue weighted by molar-refractivity contribution is -0.133. The number of hydrogen-bond donors (Lipinski definition) is 1. The van der Waals surface area contributed by atoms with Gasteiger partial charge in [0, 0.05) is 52.2 Å². The van der Waals surface area contributed by atoms with Crippen LogP contribution in [0.2, 0.25) is 0 Å². The smallest absolute Gasteiger partial charge is 0.237 e. The Hall–Kier alpha value is -1.14. The predicted octanol–water partition coefficient (Wildman–Crippen LogP) is 0.0229. The van der Waals surface area contributed by atoms with E-state index in [1.807, 2.05) is 4.90 Å². The van der Waals surface area contributed by atoms with Gasteiger partial charge in [0.2, 0.25) is 11.8 Å². The average molecular weight is 308 g/mol. The van der Waals surface area contributed by atoms with Crippen LogP contribution in [-0.2, 0) is 9.59 Å². The van der Waals surface area contributed by atoms with Gasteiger partial charge in [-0.2, -0.15) is 0 Å². The minimum Gasteiger partial charge on any atom is -0.368 e. The molecule has 0 spiro atoms. The third kappa shape index (κ3) is 2.74. The number of amides is 2. The van der Waals surface area contributed by atoms with Gasteiger partial charge in [0.15, 0.2) is 0 Å². The number of nitrogens with zero attached hydrogens (tertiary/aromatic N) is 3. The maximum absolute atomic E-state index is 12.0. The molecule has 0 aromatic carbocycles. The fourth-order valence-corrected chi connectivity index (χ4v) is 4.57. The van der Waals surface area contributed by atoms with Crippen LogP contribution in [0.3, 0.4) is 0 Å². The number of carbonyl (C=O) groups excluding carboxylic acids is 2. The summed E-state index contributed by atoms with van der Waals surface area (Å²) in [6.45, 7) is 7.03. The second-order valence-electron chi connectivity index (χ2n) is 7.02. The molecule has 3 fully saturated rings. The van der Waals surface area contributed by atoms with Crippen molar-refractivity contribution in [2.75, 3.05) is 39.3 Å². The highest BCUT2D eigenvalue weighted by Crippen LogP contribution is 2.43. The van der Waals surface area contributed by atoms with Crippen molar-refractivity contribution in [2.24, 2.45) is 5.73 Å². The van der Waals surface area contributed by atoms with Crippen molar-refractivity contribution < 1.29 is 9.59 Å². The van der Waals surface area contributed by atoms with Gasteiger partial charge in [-0.15, -0.1) is 0 Å². The van der Waals surface area contributed by atoms with Crippen molar-refractivity contribution in [3.8, 4) is 0 Å². The molecule has 3 aliphatic heterocycles. The van der Waals surface area contributed by atoms with Gasteiger partial charge in [-0.25, -0.2) is 0 Å². The lowest BCUT2D eigenvalue weighted by Crippen LogP contribution is -2.60. The number of piperazine rings is 1. The zero-order chi connectivity index (χ0) is 15.7. The van der Waals surface area contributed by atoms with Crippen molar-refractivity contribution in [2.45, 2.75) is 50.6 Å². The second-order valence-corrected chi connectivity index (χ2v) is 7.02. The topological polar surface area (TPSA) is 69.9 Å². The summed E-state index contributed by atoms with van der Waals surface area (Å²) in [5, 5.41) is 0. The van der Waals surface area contributed by atoms with Gasteiger partial charge in [-0.1, -0.05) is 0 Å². The van der Waals surface area contributed by atoms with Crippen LogP contribution in [0.15, 0.2) is 0 Å². The molecule has 2 amide bonds. The van der Waals surface area contributed by atoms with Gasteiger partial charge in [0.1, 0.15) is 5.54 Å². The Morgan fingerprint density at radius 3 is 2.45 bits per heavy atom. The largest absolute Gasteiger partial charge is 0.368 e. The summed E-state index contributed by atoms with van der Waals surface area (Å²) >= 11 is 0. The molecule has 1 unspecified atom stereocenters. The number of nitrogens with two attached hydrogens (primary N) is 1. The van der Waals surface area contributed by atoms with Crippen LogP contribution < -0.4 is 5.73 Å². The van der Waals surface area contributed by atoms with Crippen LogP contribution >= 0.6 is 0 Å². The molecular formula is C16H28N4O2. The summed E-state index contributed by atoms with van der Waals surface area (Å²) in [6, 6.07) is 0.541. The first-order valence-electron chi connectivity index (χ1n) is 8.57. The molecule has 0 radical (unpaired) electrons. The third-order valence-electron chi connectivity index (χ3n) is 5.94. The van der Waals surface area contributed by atoms with Crippen LogP contribution in [0.1, 0.15) is 39.0 Å². The first-order valence-corrected chi connectivity index (χ1v) is 8.57. The standard InChI is InChI=1S/C16H28N4O2/c1-13(21)19-10-7-18(8-11-19)9-12-20-14-3-2-5-16(20,6-4-14)15(17)22/h14H,2-12H2,1H3,(H2,17,22)/t14?,16-/m0/s1. The Labute approximate surface area is 132 Å². The van der Waals surface area contributed by atoms with Crippen LogP contribution in [-0.4, -0.2) is 77.4 Å². The molecule has 6 heteroatoms. The zero-order valence-corrected chi connectivity index (χ0v) is 13.6. The van der Waals surface area contributed by atoms with Crippen molar-refractivity contribution in [3.05, 3.63) is 0 Å². The van der Waals surface area contributed by atoms with Crippen molar-refractivity contribution in [3.63, 3.8) is 0 Å². The van der Waals surface area contributed by atoms with E-state index in [2.05, 4.69) is 9.80 Å². The summed E-state index contributed by atoms with van der Waals surface area (Å²) < 4.78 is 0. The molecule has 2 atom stereocenters. The minimum absolute atomic E-state index is 0.129. The number of fused-ring (bicyclic) bond motifs is 2. The zero-order valence-electron chi connectivity index (χ0n) is 13.6. The molecule has 3 heterocycles. The van der Waals surface area contributed by atoms with E-state index in [1.54, 1.807) is 6.92 Å². The molecular weight excluding hydrogens is 280 g/mol. The highest BCUT2D eigenvalue weighted by Gasteiger charge is 2.52. The predicted molar refractivity (Wildman–Crippen MR) is 84.2 cm³/mol. The van der Waals surface area contributed by atoms with Crippen molar-refractivity contribution in [1.29, 1.82) is 0 Å². The second kappa shape index (κ2) is 6.16. The van der Waals surface area contributed by atoms with Crippen LogP contribution in [0.5, 0.6) is 0 Å². The highest BCUT2D eigenvalue weighted by atomic mass is 16.2. The molecule has 2 N–H and O–H groups in total. The fraction of sp³-hybridized carbons (Fsp3) is 0.875. The molecule has 3 rings (SSSR count). The van der Waals surface area contributed by atoms with E-state index in [0.717, 1.165) is 65.0 Å². The van der Waals surface area contributed by atoms with E-state index in [0.29, 0.717) is 6.04 Å². The third-order valence-corrected chi connectivity index (χ3v) is 5.94. The van der Waals surface area contributed by atoms with Gasteiger partial charge < -0.3 is 10.6 Å². The minimum atomic E-state index is -0.371. The average Bonchev–Trinajstić information content (AvgIpc) is 2.71. The Bertz CT molecular complexity index is 443. The normalized spacial score (nSPS) is 33.1. The lowest BCUT2D eigenvalue weighted by Gasteiger charge is -2.44. The number of carbonyl (C=O) groups is 2. The number of primary amides is 1. The van der Waals surface area contributed by atoms with Crippen LogP contribution in [0.25, 0.3) is 0 Å². The van der Waals surface area contributed by atoms with Gasteiger partial charge in [0.05, 0.1) is 0 Å². The Balaban J connectivity index is 1.55. The monoisotopic (exact) mass is 308 g/mol. The molecule has 3 saturated heterocycles. The molecule has 0 saturated carbocycles. The molecule has 0 aromatic rings. The molecule has 6 nitrogen and oxygen atoms in total. The maximum Gasteiger partial charge on any atom is 0.237 e. The Morgan fingerprint density at radius 1 is 1.09 bits per heavy atom. The lowest BCUT2D eigenvalue weighted by atomic mass is 9.87. The highest BCUT2D eigenvalue weighted by molar-refractivity contribution is 5.85. The molecule has 0 aromatic heterocycles. The molecule has 3 aliphatic rings. The summed E-state index contributed by atoms with van der Waals surface area (Å²) in [4.78, 5) is 30.1. The van der Waals surface area contributed by atoms with Crippen molar-refractivity contribution in [1.82, 2.24) is 14.7 Å². The number of piperidine rings is 1. The fourth-order valence-electron chi connectivity index (χ4n) is 4.57. The van der Waals surface area contributed by atoms with E-state index in [-0.39, 0.29) is 17.4 Å². The first kappa shape index (κ1) is 15.7. The number of hydrogen-bond acceptors (Lipinski definition) is 4. The SMILES string of the molecule is CC(=O)N1CCN(CCN2C3CCC[C@@]2(C(N)=O)CC3)CC1. The van der Waals surface area contributed by atoms with E-state index in [1.165, 1.54) is 6.42 Å². The van der Waals surface area contributed by atoms with E-state index in [9.17, 15) is 9.59 Å². The van der Waals surface area contributed by atoms with E-state index in [4.69, 9.17) is 5.73 Å². The Morgan fingerprint density at radius 2 is 1.82 bits per heavy atom.